The Hall–Kier alpha value is -0.590. The van der Waals surface area contributed by atoms with E-state index in [0.29, 0.717) is 6.54 Å². The Morgan fingerprint density at radius 1 is 1.78 bits per heavy atom. The molecule has 0 aromatic carbocycles. The van der Waals surface area contributed by atoms with Crippen LogP contribution in [0, 0.1) is 11.3 Å². The molecule has 0 aliphatic carbocycles. The van der Waals surface area contributed by atoms with Crippen LogP contribution in [-0.2, 0) is 0 Å². The van der Waals surface area contributed by atoms with Gasteiger partial charge in [-0.25, -0.2) is 0 Å². The second-order valence-electron chi connectivity index (χ2n) is 2.25. The molecule has 0 amide bonds. The minimum absolute atomic E-state index is 0.357. The van der Waals surface area contributed by atoms with Gasteiger partial charge in [-0.15, -0.1) is 0 Å². The summed E-state index contributed by atoms with van der Waals surface area (Å²) in [5.41, 5.74) is 0. The Kier molecular flexibility index (Phi) is 2.04. The Balaban J connectivity index is 2.33. The highest BCUT2D eigenvalue weighted by atomic mass is 16.3. The summed E-state index contributed by atoms with van der Waals surface area (Å²) < 4.78 is 0. The van der Waals surface area contributed by atoms with Crippen molar-refractivity contribution in [2.45, 2.75) is 19.1 Å². The number of rotatable bonds is 1. The lowest BCUT2D eigenvalue weighted by molar-refractivity contribution is 0.0478. The molecule has 0 bridgehead atoms. The molecule has 1 aliphatic rings. The lowest BCUT2D eigenvalue weighted by Gasteiger charge is -2.14. The van der Waals surface area contributed by atoms with Gasteiger partial charge in [0.05, 0.1) is 12.6 Å². The van der Waals surface area contributed by atoms with Crippen LogP contribution in [0.25, 0.3) is 0 Å². The third-order valence-electron chi connectivity index (χ3n) is 1.60. The third-order valence-corrected chi connectivity index (χ3v) is 1.60. The molecule has 0 aromatic heterocycles. The van der Waals surface area contributed by atoms with Crippen LogP contribution in [0.4, 0.5) is 0 Å². The summed E-state index contributed by atoms with van der Waals surface area (Å²) >= 11 is 0. The number of aliphatic hydroxyl groups excluding tert-OH is 1. The van der Waals surface area contributed by atoms with Gasteiger partial charge >= 0.3 is 0 Å². The van der Waals surface area contributed by atoms with Crippen LogP contribution in [0.15, 0.2) is 0 Å². The third kappa shape index (κ3) is 1.41. The van der Waals surface area contributed by atoms with E-state index >= 15 is 0 Å². The monoisotopic (exact) mass is 126 g/mol. The molecule has 1 rings (SSSR count). The van der Waals surface area contributed by atoms with Gasteiger partial charge in [0.25, 0.3) is 0 Å². The first-order valence-corrected chi connectivity index (χ1v) is 3.13. The molecule has 1 saturated heterocycles. The van der Waals surface area contributed by atoms with Crippen molar-refractivity contribution in [2.24, 2.45) is 0 Å². The highest BCUT2D eigenvalue weighted by Crippen LogP contribution is 2.12. The molecule has 1 N–H and O–H groups in total. The van der Waals surface area contributed by atoms with Gasteiger partial charge in [-0.1, -0.05) is 0 Å². The first kappa shape index (κ1) is 6.53. The molecule has 50 valence electrons. The van der Waals surface area contributed by atoms with E-state index in [9.17, 15) is 0 Å². The maximum absolute atomic E-state index is 9.09. The van der Waals surface area contributed by atoms with Gasteiger partial charge in [0.15, 0.2) is 0 Å². The number of nitrogens with zero attached hydrogens (tertiary/aromatic N) is 2. The maximum Gasteiger partial charge on any atom is 0.108 e. The van der Waals surface area contributed by atoms with Crippen LogP contribution in [0.1, 0.15) is 12.8 Å². The van der Waals surface area contributed by atoms with Gasteiger partial charge in [0.2, 0.25) is 0 Å². The zero-order valence-corrected chi connectivity index (χ0v) is 5.25. The Bertz CT molecular complexity index is 130. The molecule has 0 saturated carbocycles. The van der Waals surface area contributed by atoms with Crippen molar-refractivity contribution in [2.75, 3.05) is 13.1 Å². The van der Waals surface area contributed by atoms with Crippen LogP contribution >= 0.6 is 0 Å². The summed E-state index contributed by atoms with van der Waals surface area (Å²) in [6.45, 7) is 1.23. The molecule has 1 atom stereocenters. The summed E-state index contributed by atoms with van der Waals surface area (Å²) in [5.74, 6) is 0. The van der Waals surface area contributed by atoms with Crippen molar-refractivity contribution < 1.29 is 5.11 Å². The number of hydrogen-bond acceptors (Lipinski definition) is 3. The van der Waals surface area contributed by atoms with E-state index in [4.69, 9.17) is 10.4 Å². The zero-order valence-electron chi connectivity index (χ0n) is 5.25. The SMILES string of the molecule is N#CCN1CCCC1O. The first-order chi connectivity index (χ1) is 4.34. The fourth-order valence-electron chi connectivity index (χ4n) is 1.08. The van der Waals surface area contributed by atoms with Gasteiger partial charge < -0.3 is 5.11 Å². The van der Waals surface area contributed by atoms with Gasteiger partial charge in [0, 0.05) is 6.54 Å². The van der Waals surface area contributed by atoms with E-state index in [-0.39, 0.29) is 6.23 Å². The van der Waals surface area contributed by atoms with E-state index in [1.54, 1.807) is 4.90 Å². The largest absolute Gasteiger partial charge is 0.378 e. The molecule has 0 aromatic rings. The summed E-state index contributed by atoms with van der Waals surface area (Å²) in [5, 5.41) is 17.3. The average molecular weight is 126 g/mol. The molecule has 3 nitrogen and oxygen atoms in total. The molecule has 1 unspecified atom stereocenters. The molecular formula is C6H10N2O. The summed E-state index contributed by atoms with van der Waals surface area (Å²) in [6, 6.07) is 2.01. The predicted octanol–water partition coefficient (Wildman–Crippen LogP) is -0.0758. The molecule has 9 heavy (non-hydrogen) atoms. The Labute approximate surface area is 54.5 Å². The predicted molar refractivity (Wildman–Crippen MR) is 32.4 cm³/mol. The number of hydrogen-bond donors (Lipinski definition) is 1. The highest BCUT2D eigenvalue weighted by molar-refractivity contribution is 4.81. The van der Waals surface area contributed by atoms with Gasteiger partial charge in [0.1, 0.15) is 6.23 Å². The number of nitriles is 1. The Morgan fingerprint density at radius 3 is 3.00 bits per heavy atom. The van der Waals surface area contributed by atoms with Gasteiger partial charge in [-0.2, -0.15) is 5.26 Å². The topological polar surface area (TPSA) is 47.3 Å². The van der Waals surface area contributed by atoms with Crippen molar-refractivity contribution in [3.63, 3.8) is 0 Å². The van der Waals surface area contributed by atoms with Crippen LogP contribution in [0.2, 0.25) is 0 Å². The van der Waals surface area contributed by atoms with Crippen molar-refractivity contribution in [1.82, 2.24) is 4.90 Å². The number of likely N-dealkylation sites (tertiary alicyclic amines) is 1. The summed E-state index contributed by atoms with van der Waals surface area (Å²) in [6.07, 6.45) is 1.48. The molecule has 1 aliphatic heterocycles. The van der Waals surface area contributed by atoms with Gasteiger partial charge in [-0.3, -0.25) is 4.90 Å². The average Bonchev–Trinajstić information content (AvgIpc) is 2.18. The molecule has 0 spiro atoms. The van der Waals surface area contributed by atoms with E-state index in [2.05, 4.69) is 0 Å². The quantitative estimate of drug-likeness (QED) is 0.500. The fraction of sp³-hybridized carbons (Fsp3) is 0.833. The van der Waals surface area contributed by atoms with Crippen LogP contribution in [0.3, 0.4) is 0 Å². The van der Waals surface area contributed by atoms with E-state index in [1.807, 2.05) is 6.07 Å². The highest BCUT2D eigenvalue weighted by Gasteiger charge is 2.20. The molecule has 0 radical (unpaired) electrons. The van der Waals surface area contributed by atoms with Crippen molar-refractivity contribution in [3.8, 4) is 6.07 Å². The Morgan fingerprint density at radius 2 is 2.56 bits per heavy atom. The molecule has 1 fully saturated rings. The van der Waals surface area contributed by atoms with E-state index < -0.39 is 0 Å². The smallest absolute Gasteiger partial charge is 0.108 e. The number of aliphatic hydroxyl groups is 1. The van der Waals surface area contributed by atoms with Gasteiger partial charge in [-0.05, 0) is 12.8 Å². The summed E-state index contributed by atoms with van der Waals surface area (Å²) in [7, 11) is 0. The fourth-order valence-corrected chi connectivity index (χ4v) is 1.08. The lowest BCUT2D eigenvalue weighted by atomic mass is 10.4. The zero-order chi connectivity index (χ0) is 6.69. The molecular weight excluding hydrogens is 116 g/mol. The first-order valence-electron chi connectivity index (χ1n) is 3.13. The second kappa shape index (κ2) is 2.81. The molecule has 3 heteroatoms. The van der Waals surface area contributed by atoms with E-state index in [0.717, 1.165) is 19.4 Å². The van der Waals surface area contributed by atoms with Crippen molar-refractivity contribution in [3.05, 3.63) is 0 Å². The van der Waals surface area contributed by atoms with Crippen LogP contribution < -0.4 is 0 Å². The lowest BCUT2D eigenvalue weighted by Crippen LogP contribution is -2.28. The van der Waals surface area contributed by atoms with E-state index in [1.165, 1.54) is 0 Å². The second-order valence-corrected chi connectivity index (χ2v) is 2.25. The van der Waals surface area contributed by atoms with Crippen molar-refractivity contribution in [1.29, 1.82) is 5.26 Å². The standard InChI is InChI=1S/C6H10N2O/c7-3-5-8-4-1-2-6(8)9/h6,9H,1-2,4-5H2. The van der Waals surface area contributed by atoms with Crippen LogP contribution in [0.5, 0.6) is 0 Å². The van der Waals surface area contributed by atoms with Crippen molar-refractivity contribution >= 4 is 0 Å². The normalized spacial score (nSPS) is 28.2. The minimum Gasteiger partial charge on any atom is -0.378 e. The van der Waals surface area contributed by atoms with Crippen LogP contribution in [-0.4, -0.2) is 29.3 Å². The molecule has 1 heterocycles. The maximum atomic E-state index is 9.09. The minimum atomic E-state index is -0.357. The summed E-state index contributed by atoms with van der Waals surface area (Å²) in [4.78, 5) is 1.78.